The number of rotatable bonds is 4. The topological polar surface area (TPSA) is 9.23 Å². The zero-order valence-corrected chi connectivity index (χ0v) is 12.1. The van der Waals surface area contributed by atoms with Crippen LogP contribution in [0.15, 0.2) is 35.0 Å². The lowest BCUT2D eigenvalue weighted by atomic mass is 10.1. The third kappa shape index (κ3) is 3.73. The maximum absolute atomic E-state index is 12.9. The molecule has 0 amide bonds. The molecule has 0 aliphatic heterocycles. The maximum Gasteiger partial charge on any atom is 0.419 e. The van der Waals surface area contributed by atoms with Crippen LogP contribution >= 0.6 is 27.3 Å². The number of halogens is 4. The predicted molar refractivity (Wildman–Crippen MR) is 72.7 cm³/mol. The lowest BCUT2D eigenvalue weighted by Crippen LogP contribution is -2.09. The third-order valence-corrected chi connectivity index (χ3v) is 3.86. The van der Waals surface area contributed by atoms with Crippen LogP contribution in [0, 0.1) is 0 Å². The van der Waals surface area contributed by atoms with E-state index in [2.05, 4.69) is 15.9 Å². The molecule has 0 N–H and O–H groups in total. The number of alkyl halides is 4. The van der Waals surface area contributed by atoms with Crippen molar-refractivity contribution in [3.63, 3.8) is 0 Å². The normalized spacial score (nSPS) is 11.6. The first-order chi connectivity index (χ1) is 9.00. The standard InChI is InChI=1S/C13H10BrF3OS/c14-6-9-1-2-12(11(5-9)13(15,16)17)18-7-10-3-4-19-8-10/h1-5,8H,6-7H2. The largest absolute Gasteiger partial charge is 0.488 e. The number of thiophene rings is 1. The average molecular weight is 351 g/mol. The van der Waals surface area contributed by atoms with Crippen molar-refractivity contribution in [3.05, 3.63) is 51.7 Å². The summed E-state index contributed by atoms with van der Waals surface area (Å²) in [6, 6.07) is 5.92. The van der Waals surface area contributed by atoms with Gasteiger partial charge in [0.2, 0.25) is 0 Å². The van der Waals surface area contributed by atoms with E-state index in [0.717, 1.165) is 11.6 Å². The highest BCUT2D eigenvalue weighted by atomic mass is 79.9. The fraction of sp³-hybridized carbons (Fsp3) is 0.231. The van der Waals surface area contributed by atoms with Gasteiger partial charge in [0, 0.05) is 5.33 Å². The fourth-order valence-electron chi connectivity index (χ4n) is 1.54. The molecule has 0 unspecified atom stereocenters. The van der Waals surface area contributed by atoms with Crippen LogP contribution in [0.4, 0.5) is 13.2 Å². The molecule has 0 saturated carbocycles. The van der Waals surface area contributed by atoms with Crippen LogP contribution in [0.2, 0.25) is 0 Å². The number of hydrogen-bond donors (Lipinski definition) is 0. The van der Waals surface area contributed by atoms with Crippen LogP contribution in [0.1, 0.15) is 16.7 Å². The van der Waals surface area contributed by atoms with Gasteiger partial charge in [-0.1, -0.05) is 22.0 Å². The quantitative estimate of drug-likeness (QED) is 0.685. The summed E-state index contributed by atoms with van der Waals surface area (Å²) in [7, 11) is 0. The molecule has 0 fully saturated rings. The summed E-state index contributed by atoms with van der Waals surface area (Å²) < 4.78 is 44.1. The number of benzene rings is 1. The maximum atomic E-state index is 12.9. The van der Waals surface area contributed by atoms with Crippen molar-refractivity contribution in [1.29, 1.82) is 0 Å². The van der Waals surface area contributed by atoms with Crippen molar-refractivity contribution in [2.45, 2.75) is 18.1 Å². The third-order valence-electron chi connectivity index (χ3n) is 2.48. The SMILES string of the molecule is FC(F)(F)c1cc(CBr)ccc1OCc1ccsc1. The van der Waals surface area contributed by atoms with E-state index in [1.165, 1.54) is 17.4 Å². The van der Waals surface area contributed by atoms with Gasteiger partial charge in [-0.15, -0.1) is 0 Å². The molecular weight excluding hydrogens is 341 g/mol. The first-order valence-corrected chi connectivity index (χ1v) is 7.47. The molecule has 0 aliphatic carbocycles. The minimum absolute atomic E-state index is 0.136. The van der Waals surface area contributed by atoms with Crippen LogP contribution < -0.4 is 4.74 Å². The molecule has 1 heterocycles. The van der Waals surface area contributed by atoms with Crippen molar-refractivity contribution in [2.75, 3.05) is 0 Å². The van der Waals surface area contributed by atoms with Crippen LogP contribution in [-0.4, -0.2) is 0 Å². The first-order valence-electron chi connectivity index (χ1n) is 5.40. The van der Waals surface area contributed by atoms with Gasteiger partial charge in [-0.3, -0.25) is 0 Å². The molecule has 0 spiro atoms. The van der Waals surface area contributed by atoms with Gasteiger partial charge in [-0.05, 0) is 40.1 Å². The molecule has 2 rings (SSSR count). The van der Waals surface area contributed by atoms with E-state index < -0.39 is 11.7 Å². The molecule has 0 aliphatic rings. The Morgan fingerprint density at radius 3 is 2.53 bits per heavy atom. The smallest absolute Gasteiger partial charge is 0.419 e. The molecule has 19 heavy (non-hydrogen) atoms. The van der Waals surface area contributed by atoms with Crippen molar-refractivity contribution in [3.8, 4) is 5.75 Å². The van der Waals surface area contributed by atoms with Gasteiger partial charge < -0.3 is 4.74 Å². The highest BCUT2D eigenvalue weighted by molar-refractivity contribution is 9.08. The van der Waals surface area contributed by atoms with Crippen molar-refractivity contribution < 1.29 is 17.9 Å². The van der Waals surface area contributed by atoms with Crippen LogP contribution in [0.3, 0.4) is 0 Å². The second-order valence-corrected chi connectivity index (χ2v) is 5.22. The molecule has 0 atom stereocenters. The monoisotopic (exact) mass is 350 g/mol. The van der Waals surface area contributed by atoms with E-state index in [-0.39, 0.29) is 12.4 Å². The Bertz CT molecular complexity index is 537. The van der Waals surface area contributed by atoms with Gasteiger partial charge in [0.25, 0.3) is 0 Å². The summed E-state index contributed by atoms with van der Waals surface area (Å²) >= 11 is 4.63. The first kappa shape index (κ1) is 14.4. The van der Waals surface area contributed by atoms with Gasteiger partial charge in [0.1, 0.15) is 12.4 Å². The summed E-state index contributed by atoms with van der Waals surface area (Å²) in [6.45, 7) is 0.139. The molecule has 2 aromatic rings. The van der Waals surface area contributed by atoms with E-state index in [4.69, 9.17) is 4.74 Å². The Labute approximate surface area is 121 Å². The molecule has 0 saturated heterocycles. The Hall–Kier alpha value is -1.01. The van der Waals surface area contributed by atoms with Crippen LogP contribution in [0.25, 0.3) is 0 Å². The molecule has 1 aromatic heterocycles. The van der Waals surface area contributed by atoms with Gasteiger partial charge >= 0.3 is 6.18 Å². The predicted octanol–water partition coefficient (Wildman–Crippen LogP) is 5.24. The summed E-state index contributed by atoms with van der Waals surface area (Å²) in [5.74, 6) is -0.136. The highest BCUT2D eigenvalue weighted by Gasteiger charge is 2.34. The van der Waals surface area contributed by atoms with Gasteiger partial charge in [0.15, 0.2) is 0 Å². The highest BCUT2D eigenvalue weighted by Crippen LogP contribution is 2.37. The molecule has 0 radical (unpaired) electrons. The van der Waals surface area contributed by atoms with E-state index >= 15 is 0 Å². The van der Waals surface area contributed by atoms with Crippen molar-refractivity contribution in [2.24, 2.45) is 0 Å². The summed E-state index contributed by atoms with van der Waals surface area (Å²) in [5, 5.41) is 4.08. The van der Waals surface area contributed by atoms with Gasteiger partial charge in [-0.25, -0.2) is 0 Å². The van der Waals surface area contributed by atoms with Gasteiger partial charge in [0.05, 0.1) is 5.56 Å². The minimum atomic E-state index is -4.41. The Kier molecular flexibility index (Phi) is 4.52. The zero-order chi connectivity index (χ0) is 13.9. The van der Waals surface area contributed by atoms with E-state index in [1.54, 1.807) is 6.07 Å². The van der Waals surface area contributed by atoms with Crippen molar-refractivity contribution in [1.82, 2.24) is 0 Å². The summed E-state index contributed by atoms with van der Waals surface area (Å²) in [5.41, 5.74) is 0.692. The van der Waals surface area contributed by atoms with Crippen molar-refractivity contribution >= 4 is 27.3 Å². The molecular formula is C13H10BrF3OS. The zero-order valence-electron chi connectivity index (χ0n) is 9.71. The Morgan fingerprint density at radius 2 is 1.95 bits per heavy atom. The molecule has 1 aromatic carbocycles. The summed E-state index contributed by atoms with van der Waals surface area (Å²) in [6.07, 6.45) is -4.41. The average Bonchev–Trinajstić information content (AvgIpc) is 2.88. The Morgan fingerprint density at radius 1 is 1.16 bits per heavy atom. The van der Waals surface area contributed by atoms with Crippen LogP contribution in [-0.2, 0) is 18.1 Å². The van der Waals surface area contributed by atoms with E-state index in [1.807, 2.05) is 16.8 Å². The van der Waals surface area contributed by atoms with Gasteiger partial charge in [-0.2, -0.15) is 24.5 Å². The second kappa shape index (κ2) is 5.96. The fourth-order valence-corrected chi connectivity index (χ4v) is 2.55. The lowest BCUT2D eigenvalue weighted by Gasteiger charge is -2.14. The van der Waals surface area contributed by atoms with E-state index in [0.29, 0.717) is 10.9 Å². The minimum Gasteiger partial charge on any atom is -0.488 e. The van der Waals surface area contributed by atoms with Crippen LogP contribution in [0.5, 0.6) is 5.75 Å². The summed E-state index contributed by atoms with van der Waals surface area (Å²) in [4.78, 5) is 0. The Balaban J connectivity index is 2.23. The molecule has 0 bridgehead atoms. The number of hydrogen-bond acceptors (Lipinski definition) is 2. The second-order valence-electron chi connectivity index (χ2n) is 3.88. The van der Waals surface area contributed by atoms with E-state index in [9.17, 15) is 13.2 Å². The number of ether oxygens (including phenoxy) is 1. The lowest BCUT2D eigenvalue weighted by molar-refractivity contribution is -0.139. The molecule has 1 nitrogen and oxygen atoms in total. The molecule has 102 valence electrons. The molecule has 6 heteroatoms.